The number of carbonyl (C=O) groups is 2. The predicted octanol–water partition coefficient (Wildman–Crippen LogP) is 1.93. The topological polar surface area (TPSA) is 87.7 Å². The molecule has 6 nitrogen and oxygen atoms in total. The third-order valence-corrected chi connectivity index (χ3v) is 2.57. The molecule has 1 atom stereocenters. The van der Waals surface area contributed by atoms with Gasteiger partial charge in [0, 0.05) is 0 Å². The first-order valence-electron chi connectivity index (χ1n) is 5.89. The summed E-state index contributed by atoms with van der Waals surface area (Å²) in [5.74, 6) is -0.764. The highest BCUT2D eigenvalue weighted by atomic mass is 16.5. The maximum Gasteiger partial charge on any atom is 0.326 e. The van der Waals surface area contributed by atoms with Gasteiger partial charge in [-0.05, 0) is 18.1 Å². The van der Waals surface area contributed by atoms with E-state index < -0.39 is 18.0 Å². The SMILES string of the molecule is COc1ccccc1NC(=O)N[C@H](C(=O)O)C(C)C. The Kier molecular flexibility index (Phi) is 5.17. The standard InChI is InChI=1S/C13H18N2O4/c1-8(2)11(12(16)17)15-13(18)14-9-6-4-5-7-10(9)19-3/h4-8,11H,1-3H3,(H,16,17)(H2,14,15,18)/t11-/m0/s1. The van der Waals surface area contributed by atoms with Crippen molar-refractivity contribution in [2.75, 3.05) is 12.4 Å². The number of aliphatic carboxylic acids is 1. The number of carboxylic acid groups (broad SMARTS) is 1. The molecule has 104 valence electrons. The van der Waals surface area contributed by atoms with Crippen molar-refractivity contribution < 1.29 is 19.4 Å². The summed E-state index contributed by atoms with van der Waals surface area (Å²) in [5.41, 5.74) is 0.482. The zero-order chi connectivity index (χ0) is 14.4. The van der Waals surface area contributed by atoms with E-state index in [2.05, 4.69) is 10.6 Å². The largest absolute Gasteiger partial charge is 0.495 e. The van der Waals surface area contributed by atoms with Crippen molar-refractivity contribution in [1.82, 2.24) is 5.32 Å². The van der Waals surface area contributed by atoms with E-state index in [1.165, 1.54) is 7.11 Å². The van der Waals surface area contributed by atoms with Crippen LogP contribution in [0.5, 0.6) is 5.75 Å². The minimum absolute atomic E-state index is 0.207. The summed E-state index contributed by atoms with van der Waals surface area (Å²) in [4.78, 5) is 22.7. The van der Waals surface area contributed by atoms with Gasteiger partial charge in [-0.15, -0.1) is 0 Å². The second kappa shape index (κ2) is 6.63. The molecule has 0 saturated heterocycles. The molecule has 0 aliphatic heterocycles. The van der Waals surface area contributed by atoms with E-state index in [0.29, 0.717) is 11.4 Å². The third-order valence-electron chi connectivity index (χ3n) is 2.57. The molecule has 1 rings (SSSR count). The van der Waals surface area contributed by atoms with Crippen molar-refractivity contribution in [2.45, 2.75) is 19.9 Å². The Bertz CT molecular complexity index is 460. The highest BCUT2D eigenvalue weighted by molar-refractivity contribution is 5.93. The number of urea groups is 1. The molecule has 0 spiro atoms. The monoisotopic (exact) mass is 266 g/mol. The lowest BCUT2D eigenvalue weighted by molar-refractivity contribution is -0.140. The first-order chi connectivity index (χ1) is 8.95. The predicted molar refractivity (Wildman–Crippen MR) is 71.4 cm³/mol. The number of ether oxygens (including phenoxy) is 1. The van der Waals surface area contributed by atoms with Crippen molar-refractivity contribution in [3.63, 3.8) is 0 Å². The zero-order valence-corrected chi connectivity index (χ0v) is 11.1. The number of carboxylic acids is 1. The number of amides is 2. The summed E-state index contributed by atoms with van der Waals surface area (Å²) < 4.78 is 5.09. The third kappa shape index (κ3) is 4.17. The Morgan fingerprint density at radius 1 is 1.26 bits per heavy atom. The smallest absolute Gasteiger partial charge is 0.326 e. The zero-order valence-electron chi connectivity index (χ0n) is 11.1. The van der Waals surface area contributed by atoms with Gasteiger partial charge in [-0.25, -0.2) is 9.59 Å². The second-order valence-electron chi connectivity index (χ2n) is 4.36. The molecule has 0 heterocycles. The molecule has 2 amide bonds. The van der Waals surface area contributed by atoms with Gasteiger partial charge in [0.25, 0.3) is 0 Å². The van der Waals surface area contributed by atoms with E-state index in [0.717, 1.165) is 0 Å². The molecule has 0 unspecified atom stereocenters. The van der Waals surface area contributed by atoms with E-state index in [9.17, 15) is 9.59 Å². The number of rotatable bonds is 5. The van der Waals surface area contributed by atoms with Crippen LogP contribution in [0.1, 0.15) is 13.8 Å². The van der Waals surface area contributed by atoms with Gasteiger partial charge in [0.2, 0.25) is 0 Å². The van der Waals surface area contributed by atoms with Gasteiger partial charge in [-0.3, -0.25) is 0 Å². The molecule has 1 aromatic rings. The number of hydrogen-bond acceptors (Lipinski definition) is 3. The number of hydrogen-bond donors (Lipinski definition) is 3. The normalized spacial score (nSPS) is 11.8. The maximum atomic E-state index is 11.8. The number of methoxy groups -OCH3 is 1. The van der Waals surface area contributed by atoms with Crippen LogP contribution < -0.4 is 15.4 Å². The number of benzene rings is 1. The van der Waals surface area contributed by atoms with Gasteiger partial charge in [0.1, 0.15) is 11.8 Å². The fourth-order valence-corrected chi connectivity index (χ4v) is 1.56. The number of anilines is 1. The van der Waals surface area contributed by atoms with E-state index in [1.807, 2.05) is 0 Å². The average Bonchev–Trinajstić information content (AvgIpc) is 2.36. The van der Waals surface area contributed by atoms with Crippen LogP contribution in [0.4, 0.5) is 10.5 Å². The summed E-state index contributed by atoms with van der Waals surface area (Å²) in [6.07, 6.45) is 0. The lowest BCUT2D eigenvalue weighted by Gasteiger charge is -2.18. The number of para-hydroxylation sites is 2. The molecule has 19 heavy (non-hydrogen) atoms. The first-order valence-corrected chi connectivity index (χ1v) is 5.89. The van der Waals surface area contributed by atoms with Gasteiger partial charge in [0.15, 0.2) is 0 Å². The lowest BCUT2D eigenvalue weighted by atomic mass is 10.1. The van der Waals surface area contributed by atoms with Crippen molar-refractivity contribution >= 4 is 17.7 Å². The first kappa shape index (κ1) is 14.8. The van der Waals surface area contributed by atoms with E-state index in [1.54, 1.807) is 38.1 Å². The molecule has 3 N–H and O–H groups in total. The molecule has 0 aromatic heterocycles. The van der Waals surface area contributed by atoms with Crippen molar-refractivity contribution in [2.24, 2.45) is 5.92 Å². The quantitative estimate of drug-likeness (QED) is 0.759. The van der Waals surface area contributed by atoms with Gasteiger partial charge in [-0.1, -0.05) is 26.0 Å². The fourth-order valence-electron chi connectivity index (χ4n) is 1.56. The minimum atomic E-state index is -1.06. The highest BCUT2D eigenvalue weighted by Crippen LogP contribution is 2.22. The van der Waals surface area contributed by atoms with Crippen LogP contribution in [0, 0.1) is 5.92 Å². The van der Waals surface area contributed by atoms with Crippen LogP contribution in [-0.2, 0) is 4.79 Å². The van der Waals surface area contributed by atoms with Crippen LogP contribution in [0.3, 0.4) is 0 Å². The molecule has 0 radical (unpaired) electrons. The number of nitrogens with one attached hydrogen (secondary N) is 2. The van der Waals surface area contributed by atoms with Crippen LogP contribution in [0.2, 0.25) is 0 Å². The maximum absolute atomic E-state index is 11.8. The van der Waals surface area contributed by atoms with Crippen LogP contribution in [0.15, 0.2) is 24.3 Å². The van der Waals surface area contributed by atoms with Crippen molar-refractivity contribution in [3.8, 4) is 5.75 Å². The number of carbonyl (C=O) groups excluding carboxylic acids is 1. The molecule has 0 aliphatic carbocycles. The molecule has 0 bridgehead atoms. The molecule has 0 fully saturated rings. The Balaban J connectivity index is 2.72. The summed E-state index contributed by atoms with van der Waals surface area (Å²) >= 11 is 0. The summed E-state index contributed by atoms with van der Waals surface area (Å²) in [5, 5.41) is 14.0. The van der Waals surface area contributed by atoms with Crippen LogP contribution in [0.25, 0.3) is 0 Å². The van der Waals surface area contributed by atoms with Crippen LogP contribution >= 0.6 is 0 Å². The van der Waals surface area contributed by atoms with Gasteiger partial charge in [-0.2, -0.15) is 0 Å². The van der Waals surface area contributed by atoms with Gasteiger partial charge >= 0.3 is 12.0 Å². The van der Waals surface area contributed by atoms with E-state index in [4.69, 9.17) is 9.84 Å². The summed E-state index contributed by atoms with van der Waals surface area (Å²) in [6, 6.07) is 5.38. The molecule has 0 aliphatic rings. The highest BCUT2D eigenvalue weighted by Gasteiger charge is 2.23. The minimum Gasteiger partial charge on any atom is -0.495 e. The Hall–Kier alpha value is -2.24. The molecular weight excluding hydrogens is 248 g/mol. The van der Waals surface area contributed by atoms with Crippen LogP contribution in [-0.4, -0.2) is 30.3 Å². The van der Waals surface area contributed by atoms with Gasteiger partial charge < -0.3 is 20.5 Å². The molecule has 1 aromatic carbocycles. The Morgan fingerprint density at radius 3 is 2.42 bits per heavy atom. The van der Waals surface area contributed by atoms with Crippen molar-refractivity contribution in [3.05, 3.63) is 24.3 Å². The van der Waals surface area contributed by atoms with Crippen molar-refractivity contribution in [1.29, 1.82) is 0 Å². The summed E-state index contributed by atoms with van der Waals surface area (Å²) in [6.45, 7) is 3.45. The Labute approximate surface area is 111 Å². The van der Waals surface area contributed by atoms with E-state index in [-0.39, 0.29) is 5.92 Å². The molecular formula is C13H18N2O4. The lowest BCUT2D eigenvalue weighted by Crippen LogP contribution is -2.46. The van der Waals surface area contributed by atoms with Gasteiger partial charge in [0.05, 0.1) is 12.8 Å². The fraction of sp³-hybridized carbons (Fsp3) is 0.385. The second-order valence-corrected chi connectivity index (χ2v) is 4.36. The molecule has 6 heteroatoms. The summed E-state index contributed by atoms with van der Waals surface area (Å²) in [7, 11) is 1.49. The molecule has 0 saturated carbocycles. The Morgan fingerprint density at radius 2 is 1.89 bits per heavy atom. The average molecular weight is 266 g/mol. The van der Waals surface area contributed by atoms with E-state index >= 15 is 0 Å².